The SMILES string of the molecule is CN1CCC[C@@H](OC(=O)[C@](O)(c2ccccc2)C2CCCCC2)C1. The number of ether oxygens (including phenoxy) is 1. The van der Waals surface area contributed by atoms with Gasteiger partial charge in [-0.1, -0.05) is 49.6 Å². The van der Waals surface area contributed by atoms with Crippen molar-refractivity contribution < 1.29 is 14.6 Å². The summed E-state index contributed by atoms with van der Waals surface area (Å²) >= 11 is 0. The first-order chi connectivity index (χ1) is 11.6. The number of nitrogens with zero attached hydrogens (tertiary/aromatic N) is 1. The first-order valence-electron chi connectivity index (χ1n) is 9.28. The second-order valence-electron chi connectivity index (χ2n) is 7.40. The van der Waals surface area contributed by atoms with Crippen molar-refractivity contribution in [2.45, 2.75) is 56.7 Å². The third kappa shape index (κ3) is 3.65. The number of carbonyl (C=O) groups excluding carboxylic acids is 1. The van der Waals surface area contributed by atoms with Crippen LogP contribution in [0.4, 0.5) is 0 Å². The van der Waals surface area contributed by atoms with E-state index in [1.807, 2.05) is 37.4 Å². The second-order valence-corrected chi connectivity index (χ2v) is 7.40. The molecule has 24 heavy (non-hydrogen) atoms. The van der Waals surface area contributed by atoms with Gasteiger partial charge in [0.1, 0.15) is 6.10 Å². The van der Waals surface area contributed by atoms with Crippen molar-refractivity contribution in [3.8, 4) is 0 Å². The molecule has 2 aliphatic rings. The van der Waals surface area contributed by atoms with Gasteiger partial charge in [-0.2, -0.15) is 0 Å². The molecular weight excluding hydrogens is 302 g/mol. The third-order valence-corrected chi connectivity index (χ3v) is 5.58. The molecule has 1 aliphatic heterocycles. The Morgan fingerprint density at radius 1 is 1.12 bits per heavy atom. The number of piperidine rings is 1. The van der Waals surface area contributed by atoms with Crippen LogP contribution in [0.15, 0.2) is 30.3 Å². The highest BCUT2D eigenvalue weighted by Crippen LogP contribution is 2.40. The van der Waals surface area contributed by atoms with Crippen LogP contribution in [0.1, 0.15) is 50.5 Å². The molecule has 4 heteroatoms. The fraction of sp³-hybridized carbons (Fsp3) is 0.650. The summed E-state index contributed by atoms with van der Waals surface area (Å²) in [5, 5.41) is 11.5. The van der Waals surface area contributed by atoms with Crippen LogP contribution in [0, 0.1) is 5.92 Å². The minimum Gasteiger partial charge on any atom is -0.459 e. The van der Waals surface area contributed by atoms with Crippen LogP contribution < -0.4 is 0 Å². The van der Waals surface area contributed by atoms with Crippen molar-refractivity contribution in [3.63, 3.8) is 0 Å². The number of aliphatic hydroxyl groups is 1. The van der Waals surface area contributed by atoms with E-state index in [2.05, 4.69) is 4.90 Å². The summed E-state index contributed by atoms with van der Waals surface area (Å²) in [5.41, 5.74) is -0.844. The Morgan fingerprint density at radius 3 is 2.50 bits per heavy atom. The zero-order valence-corrected chi connectivity index (χ0v) is 14.6. The molecule has 1 aromatic carbocycles. The summed E-state index contributed by atoms with van der Waals surface area (Å²) in [4.78, 5) is 15.2. The summed E-state index contributed by atoms with van der Waals surface area (Å²) in [6.07, 6.45) is 6.88. The molecule has 0 bridgehead atoms. The molecule has 1 aromatic rings. The molecule has 2 atom stereocenters. The molecule has 0 amide bonds. The average molecular weight is 331 g/mol. The fourth-order valence-electron chi connectivity index (χ4n) is 4.19. The lowest BCUT2D eigenvalue weighted by Gasteiger charge is -2.38. The highest BCUT2D eigenvalue weighted by molar-refractivity contribution is 5.81. The summed E-state index contributed by atoms with van der Waals surface area (Å²) in [6.45, 7) is 1.79. The first kappa shape index (κ1) is 17.4. The van der Waals surface area contributed by atoms with Crippen LogP contribution in [0.25, 0.3) is 0 Å². The third-order valence-electron chi connectivity index (χ3n) is 5.58. The molecule has 0 radical (unpaired) electrons. The highest BCUT2D eigenvalue weighted by Gasteiger charge is 2.47. The molecule has 1 saturated carbocycles. The van der Waals surface area contributed by atoms with E-state index >= 15 is 0 Å². The zero-order valence-electron chi connectivity index (χ0n) is 14.6. The number of carbonyl (C=O) groups is 1. The number of likely N-dealkylation sites (tertiary alicyclic amines) is 1. The van der Waals surface area contributed by atoms with E-state index in [1.165, 1.54) is 6.42 Å². The predicted molar refractivity (Wildman–Crippen MR) is 93.5 cm³/mol. The lowest BCUT2D eigenvalue weighted by Crippen LogP contribution is -2.48. The second kappa shape index (κ2) is 7.66. The van der Waals surface area contributed by atoms with Crippen LogP contribution in [0.2, 0.25) is 0 Å². The maximum atomic E-state index is 13.0. The molecule has 1 heterocycles. The molecule has 2 fully saturated rings. The minimum atomic E-state index is -1.52. The number of likely N-dealkylation sites (N-methyl/N-ethyl adjacent to an activating group) is 1. The van der Waals surface area contributed by atoms with E-state index in [0.29, 0.717) is 5.56 Å². The molecule has 0 aromatic heterocycles. The Labute approximate surface area is 144 Å². The van der Waals surface area contributed by atoms with E-state index in [4.69, 9.17) is 4.74 Å². The van der Waals surface area contributed by atoms with Gasteiger partial charge in [0.2, 0.25) is 0 Å². The van der Waals surface area contributed by atoms with Crippen molar-refractivity contribution >= 4 is 5.97 Å². The van der Waals surface area contributed by atoms with Crippen LogP contribution in [0.3, 0.4) is 0 Å². The van der Waals surface area contributed by atoms with Gasteiger partial charge in [-0.25, -0.2) is 4.79 Å². The molecule has 1 N–H and O–H groups in total. The van der Waals surface area contributed by atoms with Crippen LogP contribution >= 0.6 is 0 Å². The van der Waals surface area contributed by atoms with Gasteiger partial charge in [0.25, 0.3) is 0 Å². The van der Waals surface area contributed by atoms with Crippen molar-refractivity contribution in [1.82, 2.24) is 4.90 Å². The van der Waals surface area contributed by atoms with Crippen molar-refractivity contribution in [3.05, 3.63) is 35.9 Å². The van der Waals surface area contributed by atoms with E-state index in [0.717, 1.165) is 51.6 Å². The largest absolute Gasteiger partial charge is 0.459 e. The lowest BCUT2D eigenvalue weighted by atomic mass is 9.73. The van der Waals surface area contributed by atoms with Gasteiger partial charge in [-0.3, -0.25) is 0 Å². The van der Waals surface area contributed by atoms with Gasteiger partial charge >= 0.3 is 5.97 Å². The highest BCUT2D eigenvalue weighted by atomic mass is 16.6. The van der Waals surface area contributed by atoms with E-state index in [9.17, 15) is 9.90 Å². The Morgan fingerprint density at radius 2 is 1.83 bits per heavy atom. The van der Waals surface area contributed by atoms with Crippen molar-refractivity contribution in [2.75, 3.05) is 20.1 Å². The lowest BCUT2D eigenvalue weighted by molar-refractivity contribution is -0.183. The number of benzene rings is 1. The summed E-state index contributed by atoms with van der Waals surface area (Å²) in [6, 6.07) is 9.37. The van der Waals surface area contributed by atoms with Crippen LogP contribution in [-0.4, -0.2) is 42.2 Å². The van der Waals surface area contributed by atoms with Gasteiger partial charge in [0.05, 0.1) is 0 Å². The monoisotopic (exact) mass is 331 g/mol. The maximum absolute atomic E-state index is 13.0. The Balaban J connectivity index is 1.82. The van der Waals surface area contributed by atoms with Gasteiger partial charge in [-0.15, -0.1) is 0 Å². The summed E-state index contributed by atoms with van der Waals surface area (Å²) < 4.78 is 5.80. The van der Waals surface area contributed by atoms with Crippen LogP contribution in [0.5, 0.6) is 0 Å². The Bertz CT molecular complexity index is 541. The minimum absolute atomic E-state index is 0.0533. The quantitative estimate of drug-likeness (QED) is 0.862. The number of hydrogen-bond donors (Lipinski definition) is 1. The average Bonchev–Trinajstić information content (AvgIpc) is 2.62. The Kier molecular flexibility index (Phi) is 5.57. The maximum Gasteiger partial charge on any atom is 0.343 e. The normalized spacial score (nSPS) is 25.8. The molecule has 1 saturated heterocycles. The number of esters is 1. The van der Waals surface area contributed by atoms with Crippen LogP contribution in [-0.2, 0) is 15.1 Å². The number of hydrogen-bond acceptors (Lipinski definition) is 4. The summed E-state index contributed by atoms with van der Waals surface area (Å²) in [7, 11) is 2.05. The van der Waals surface area contributed by atoms with E-state index < -0.39 is 11.6 Å². The summed E-state index contributed by atoms with van der Waals surface area (Å²) in [5.74, 6) is -0.511. The molecule has 4 nitrogen and oxygen atoms in total. The van der Waals surface area contributed by atoms with Crippen molar-refractivity contribution in [2.24, 2.45) is 5.92 Å². The molecular formula is C20H29NO3. The van der Waals surface area contributed by atoms with E-state index in [-0.39, 0.29) is 12.0 Å². The van der Waals surface area contributed by atoms with Gasteiger partial charge in [0.15, 0.2) is 5.60 Å². The molecule has 3 rings (SSSR count). The Hall–Kier alpha value is -1.39. The smallest absolute Gasteiger partial charge is 0.343 e. The van der Waals surface area contributed by atoms with Gasteiger partial charge in [-0.05, 0) is 44.8 Å². The molecule has 0 spiro atoms. The predicted octanol–water partition coefficient (Wildman–Crippen LogP) is 3.09. The van der Waals surface area contributed by atoms with Crippen molar-refractivity contribution in [1.29, 1.82) is 0 Å². The zero-order chi connectivity index (χ0) is 17.0. The van der Waals surface area contributed by atoms with Gasteiger partial charge < -0.3 is 14.7 Å². The molecule has 0 unspecified atom stereocenters. The topological polar surface area (TPSA) is 49.8 Å². The standard InChI is InChI=1S/C20H29NO3/c1-21-14-8-13-18(15-21)24-19(22)20(23,16-9-4-2-5-10-16)17-11-6-3-7-12-17/h2,4-5,9-10,17-18,23H,3,6-8,11-15H2,1H3/t18-,20+/m1/s1. The number of rotatable bonds is 4. The fourth-order valence-corrected chi connectivity index (χ4v) is 4.19. The van der Waals surface area contributed by atoms with Gasteiger partial charge in [0, 0.05) is 12.5 Å². The molecule has 1 aliphatic carbocycles. The molecule has 132 valence electrons. The first-order valence-corrected chi connectivity index (χ1v) is 9.28. The van der Waals surface area contributed by atoms with E-state index in [1.54, 1.807) is 0 Å².